The number of hydrogen-bond donors (Lipinski definition) is 2. The molecule has 1 aromatic heterocycles. The molecule has 0 spiro atoms. The van der Waals surface area contributed by atoms with E-state index in [-0.39, 0.29) is 17.5 Å². The van der Waals surface area contributed by atoms with Crippen molar-refractivity contribution in [2.45, 2.75) is 39.2 Å². The Bertz CT molecular complexity index is 1120. The van der Waals surface area contributed by atoms with Crippen LogP contribution in [-0.2, 0) is 11.2 Å². The maximum Gasteiger partial charge on any atom is 0.258 e. The van der Waals surface area contributed by atoms with Crippen LogP contribution in [0, 0.1) is 5.82 Å². The summed E-state index contributed by atoms with van der Waals surface area (Å²) >= 11 is 0. The normalized spacial score (nSPS) is 13.5. The number of rotatable bonds is 4. The Balaban J connectivity index is 1.60. The molecule has 154 valence electrons. The molecule has 0 saturated heterocycles. The highest BCUT2D eigenvalue weighted by Crippen LogP contribution is 2.27. The van der Waals surface area contributed by atoms with Crippen molar-refractivity contribution in [2.24, 2.45) is 0 Å². The largest absolute Gasteiger partial charge is 0.326 e. The number of carbonyl (C=O) groups is 2. The van der Waals surface area contributed by atoms with Gasteiger partial charge in [-0.05, 0) is 56.5 Å². The summed E-state index contributed by atoms with van der Waals surface area (Å²) in [5, 5.41) is 13.6. The van der Waals surface area contributed by atoms with Gasteiger partial charge in [-0.2, -0.15) is 0 Å². The predicted octanol–water partition coefficient (Wildman–Crippen LogP) is 4.19. The minimum atomic E-state index is -0.613. The van der Waals surface area contributed by atoms with Crippen LogP contribution in [0.2, 0.25) is 0 Å². The highest BCUT2D eigenvalue weighted by Gasteiger charge is 2.20. The molecule has 1 aliphatic heterocycles. The zero-order valence-electron chi connectivity index (χ0n) is 16.8. The Morgan fingerprint density at radius 3 is 2.87 bits per heavy atom. The lowest BCUT2D eigenvalue weighted by molar-refractivity contribution is -0.116. The van der Waals surface area contributed by atoms with Crippen molar-refractivity contribution in [1.82, 2.24) is 14.8 Å². The van der Waals surface area contributed by atoms with Crippen molar-refractivity contribution >= 4 is 23.2 Å². The van der Waals surface area contributed by atoms with Crippen LogP contribution in [0.25, 0.3) is 11.4 Å². The van der Waals surface area contributed by atoms with Gasteiger partial charge in [0.25, 0.3) is 5.91 Å². The average molecular weight is 407 g/mol. The molecule has 0 bridgehead atoms. The highest BCUT2D eigenvalue weighted by molar-refractivity contribution is 6.06. The first-order valence-electron chi connectivity index (χ1n) is 9.86. The van der Waals surface area contributed by atoms with E-state index in [4.69, 9.17) is 0 Å². The number of carbonyl (C=O) groups excluding carboxylic acids is 2. The van der Waals surface area contributed by atoms with Gasteiger partial charge in [-0.1, -0.05) is 12.1 Å². The van der Waals surface area contributed by atoms with Crippen LogP contribution in [-0.4, -0.2) is 26.6 Å². The number of nitrogens with zero attached hydrogens (tertiary/aromatic N) is 3. The summed E-state index contributed by atoms with van der Waals surface area (Å²) in [6, 6.07) is 10.1. The first-order chi connectivity index (χ1) is 14.4. The zero-order chi connectivity index (χ0) is 21.3. The van der Waals surface area contributed by atoms with Crippen molar-refractivity contribution in [2.75, 3.05) is 10.6 Å². The van der Waals surface area contributed by atoms with E-state index in [1.54, 1.807) is 24.5 Å². The smallest absolute Gasteiger partial charge is 0.258 e. The Kier molecular flexibility index (Phi) is 5.31. The molecular formula is C22H22FN5O2. The number of fused-ring (bicyclic) bond motifs is 1. The molecule has 0 atom stereocenters. The third-order valence-corrected chi connectivity index (χ3v) is 5.07. The lowest BCUT2D eigenvalue weighted by Gasteiger charge is -2.13. The van der Waals surface area contributed by atoms with Gasteiger partial charge in [0.15, 0.2) is 5.82 Å². The SMILES string of the molecule is CC(C)n1cnnc1-c1cccc(NC(=O)c2cc3c(cc2F)CCCC(=O)N3)c1. The van der Waals surface area contributed by atoms with Crippen LogP contribution in [0.15, 0.2) is 42.7 Å². The summed E-state index contributed by atoms with van der Waals surface area (Å²) in [6.07, 6.45) is 3.28. The number of aromatic nitrogens is 3. The van der Waals surface area contributed by atoms with E-state index < -0.39 is 11.7 Å². The summed E-state index contributed by atoms with van der Waals surface area (Å²) in [5.41, 5.74) is 2.36. The van der Waals surface area contributed by atoms with E-state index in [9.17, 15) is 14.0 Å². The second-order valence-corrected chi connectivity index (χ2v) is 7.58. The molecule has 0 unspecified atom stereocenters. The minimum absolute atomic E-state index is 0.119. The molecule has 1 aliphatic rings. The molecule has 7 nitrogen and oxygen atoms in total. The fraction of sp³-hybridized carbons (Fsp3) is 0.273. The molecule has 0 aliphatic carbocycles. The fourth-order valence-corrected chi connectivity index (χ4v) is 3.53. The van der Waals surface area contributed by atoms with Gasteiger partial charge >= 0.3 is 0 Å². The molecule has 2 N–H and O–H groups in total. The molecule has 30 heavy (non-hydrogen) atoms. The Morgan fingerprint density at radius 2 is 2.07 bits per heavy atom. The van der Waals surface area contributed by atoms with Crippen molar-refractivity contribution in [1.29, 1.82) is 0 Å². The van der Waals surface area contributed by atoms with Gasteiger partial charge in [0.1, 0.15) is 12.1 Å². The van der Waals surface area contributed by atoms with Crippen LogP contribution in [0.3, 0.4) is 0 Å². The van der Waals surface area contributed by atoms with Crippen molar-refractivity contribution in [3.05, 3.63) is 59.7 Å². The van der Waals surface area contributed by atoms with E-state index in [0.717, 1.165) is 5.56 Å². The zero-order valence-corrected chi connectivity index (χ0v) is 16.8. The summed E-state index contributed by atoms with van der Waals surface area (Å²) in [6.45, 7) is 4.05. The molecule has 0 radical (unpaired) electrons. The molecule has 8 heteroatoms. The van der Waals surface area contributed by atoms with Crippen molar-refractivity contribution in [3.8, 4) is 11.4 Å². The molecule has 0 fully saturated rings. The van der Waals surface area contributed by atoms with Gasteiger partial charge in [0.05, 0.1) is 5.56 Å². The van der Waals surface area contributed by atoms with Gasteiger partial charge in [-0.25, -0.2) is 4.39 Å². The monoisotopic (exact) mass is 407 g/mol. The number of benzene rings is 2. The summed E-state index contributed by atoms with van der Waals surface area (Å²) in [7, 11) is 0. The second-order valence-electron chi connectivity index (χ2n) is 7.58. The van der Waals surface area contributed by atoms with Gasteiger partial charge in [-0.15, -0.1) is 10.2 Å². The van der Waals surface area contributed by atoms with E-state index in [1.807, 2.05) is 24.5 Å². The first-order valence-corrected chi connectivity index (χ1v) is 9.86. The number of amides is 2. The Labute approximate surface area is 173 Å². The topological polar surface area (TPSA) is 88.9 Å². The molecule has 2 amide bonds. The van der Waals surface area contributed by atoms with Gasteiger partial charge in [0, 0.05) is 29.4 Å². The van der Waals surface area contributed by atoms with E-state index >= 15 is 0 Å². The fourth-order valence-electron chi connectivity index (χ4n) is 3.53. The molecule has 3 aromatic rings. The van der Waals surface area contributed by atoms with Crippen LogP contribution >= 0.6 is 0 Å². The number of anilines is 2. The summed E-state index contributed by atoms with van der Waals surface area (Å²) in [4.78, 5) is 24.6. The lowest BCUT2D eigenvalue weighted by Crippen LogP contribution is -2.16. The van der Waals surface area contributed by atoms with Crippen molar-refractivity contribution < 1.29 is 14.0 Å². The van der Waals surface area contributed by atoms with E-state index in [2.05, 4.69) is 20.8 Å². The quantitative estimate of drug-likeness (QED) is 0.679. The highest BCUT2D eigenvalue weighted by atomic mass is 19.1. The molecule has 2 aromatic carbocycles. The maximum absolute atomic E-state index is 14.6. The van der Waals surface area contributed by atoms with Crippen LogP contribution < -0.4 is 10.6 Å². The lowest BCUT2D eigenvalue weighted by atomic mass is 10.0. The number of halogens is 1. The van der Waals surface area contributed by atoms with Gasteiger partial charge in [0.2, 0.25) is 5.91 Å². The summed E-state index contributed by atoms with van der Waals surface area (Å²) in [5.74, 6) is -0.650. The standard InChI is InChI=1S/C22H22FN5O2/c1-13(2)28-12-24-27-21(28)15-6-3-7-16(9-15)25-22(30)17-11-19-14(10-18(17)23)5-4-8-20(29)26-19/h3,6-7,9-13H,4-5,8H2,1-2H3,(H,25,30)(H,26,29). The number of hydrogen-bond acceptors (Lipinski definition) is 4. The molecular weight excluding hydrogens is 385 g/mol. The maximum atomic E-state index is 14.6. The Hall–Kier alpha value is -3.55. The first kappa shape index (κ1) is 19.8. The number of aryl methyl sites for hydroxylation is 1. The van der Waals surface area contributed by atoms with E-state index in [0.29, 0.717) is 42.0 Å². The molecule has 2 heterocycles. The third kappa shape index (κ3) is 3.94. The van der Waals surface area contributed by atoms with Crippen LogP contribution in [0.1, 0.15) is 48.7 Å². The predicted molar refractivity (Wildman–Crippen MR) is 112 cm³/mol. The van der Waals surface area contributed by atoms with Gasteiger partial charge in [-0.3, -0.25) is 9.59 Å². The van der Waals surface area contributed by atoms with Crippen molar-refractivity contribution in [3.63, 3.8) is 0 Å². The minimum Gasteiger partial charge on any atom is -0.326 e. The van der Waals surface area contributed by atoms with Gasteiger partial charge < -0.3 is 15.2 Å². The van der Waals surface area contributed by atoms with Crippen LogP contribution in [0.5, 0.6) is 0 Å². The molecule has 4 rings (SSSR count). The third-order valence-electron chi connectivity index (χ3n) is 5.07. The second kappa shape index (κ2) is 8.06. The van der Waals surface area contributed by atoms with Crippen LogP contribution in [0.4, 0.5) is 15.8 Å². The average Bonchev–Trinajstić information content (AvgIpc) is 3.13. The number of nitrogens with one attached hydrogen (secondary N) is 2. The summed E-state index contributed by atoms with van der Waals surface area (Å²) < 4.78 is 16.5. The van der Waals surface area contributed by atoms with E-state index in [1.165, 1.54) is 12.1 Å². The Morgan fingerprint density at radius 1 is 1.23 bits per heavy atom. The molecule has 0 saturated carbocycles.